The summed E-state index contributed by atoms with van der Waals surface area (Å²) >= 11 is 0. The van der Waals surface area contributed by atoms with Crippen molar-refractivity contribution in [2.45, 2.75) is 57.6 Å². The van der Waals surface area contributed by atoms with Gasteiger partial charge in [0.2, 0.25) is 11.8 Å². The van der Waals surface area contributed by atoms with Gasteiger partial charge in [0.05, 0.1) is 18.8 Å². The molecule has 1 aliphatic rings. The molecule has 178 valence electrons. The molecule has 8 nitrogen and oxygen atoms in total. The third-order valence-electron chi connectivity index (χ3n) is 5.84. The van der Waals surface area contributed by atoms with Crippen LogP contribution in [-0.4, -0.2) is 38.9 Å². The highest BCUT2D eigenvalue weighted by atomic mass is 16.5. The molecular weight excluding hydrogens is 434 g/mol. The molecule has 0 unspecified atom stereocenters. The van der Waals surface area contributed by atoms with E-state index < -0.39 is 5.97 Å². The third kappa shape index (κ3) is 6.45. The molecule has 8 heteroatoms. The molecule has 1 saturated carbocycles. The molecule has 2 aromatic carbocycles. The van der Waals surface area contributed by atoms with Crippen LogP contribution in [0, 0.1) is 0 Å². The molecule has 2 atom stereocenters. The number of amides is 1. The van der Waals surface area contributed by atoms with Crippen LogP contribution < -0.4 is 10.1 Å². The zero-order valence-electron chi connectivity index (χ0n) is 18.9. The monoisotopic (exact) mass is 463 g/mol. The first kappa shape index (κ1) is 23.5. The molecular formula is C26H29N3O5. The van der Waals surface area contributed by atoms with E-state index in [1.54, 1.807) is 0 Å². The van der Waals surface area contributed by atoms with Crippen molar-refractivity contribution in [2.24, 2.45) is 0 Å². The quantitative estimate of drug-likeness (QED) is 0.474. The lowest BCUT2D eigenvalue weighted by Gasteiger charge is -2.32. The van der Waals surface area contributed by atoms with Gasteiger partial charge in [0, 0.05) is 6.07 Å². The van der Waals surface area contributed by atoms with Crippen LogP contribution in [0.2, 0.25) is 0 Å². The predicted molar refractivity (Wildman–Crippen MR) is 125 cm³/mol. The topological polar surface area (TPSA) is 103 Å². The number of aromatic carboxylic acids is 1. The number of carbonyl (C=O) groups excluding carboxylic acids is 1. The van der Waals surface area contributed by atoms with Crippen molar-refractivity contribution >= 4 is 11.9 Å². The Morgan fingerprint density at radius 2 is 1.62 bits per heavy atom. The minimum Gasteiger partial charge on any atom is -0.476 e. The summed E-state index contributed by atoms with van der Waals surface area (Å²) in [6.45, 7) is 0.598. The maximum atomic E-state index is 12.9. The minimum absolute atomic E-state index is 0.0705. The molecule has 3 aromatic rings. The first-order valence-electron chi connectivity index (χ1n) is 11.5. The fourth-order valence-corrected chi connectivity index (χ4v) is 4.09. The summed E-state index contributed by atoms with van der Waals surface area (Å²) in [7, 11) is 0. The van der Waals surface area contributed by atoms with Crippen molar-refractivity contribution < 1.29 is 24.2 Å². The molecule has 1 heterocycles. The summed E-state index contributed by atoms with van der Waals surface area (Å²) in [4.78, 5) is 24.3. The van der Waals surface area contributed by atoms with Crippen LogP contribution in [0.5, 0.6) is 5.88 Å². The summed E-state index contributed by atoms with van der Waals surface area (Å²) in [5.74, 6) is -1.20. The van der Waals surface area contributed by atoms with Gasteiger partial charge in [-0.05, 0) is 24.0 Å². The van der Waals surface area contributed by atoms with Crippen LogP contribution in [0.1, 0.15) is 47.3 Å². The van der Waals surface area contributed by atoms with Crippen molar-refractivity contribution in [1.29, 1.82) is 0 Å². The van der Waals surface area contributed by atoms with E-state index in [9.17, 15) is 14.7 Å². The average Bonchev–Trinajstić information content (AvgIpc) is 3.26. The summed E-state index contributed by atoms with van der Waals surface area (Å²) in [6, 6.07) is 20.7. The smallest absolute Gasteiger partial charge is 0.356 e. The number of carbonyl (C=O) groups is 2. The molecule has 0 saturated heterocycles. The Hall–Kier alpha value is -3.65. The molecule has 0 radical (unpaired) electrons. The fourth-order valence-electron chi connectivity index (χ4n) is 4.09. The largest absolute Gasteiger partial charge is 0.476 e. The van der Waals surface area contributed by atoms with Gasteiger partial charge in [-0.3, -0.25) is 4.79 Å². The predicted octanol–water partition coefficient (Wildman–Crippen LogP) is 3.80. The molecule has 1 fully saturated rings. The van der Waals surface area contributed by atoms with Gasteiger partial charge in [-0.1, -0.05) is 73.5 Å². The highest BCUT2D eigenvalue weighted by Crippen LogP contribution is 2.23. The molecule has 4 rings (SSSR count). The second-order valence-electron chi connectivity index (χ2n) is 8.40. The molecule has 1 aliphatic carbocycles. The second-order valence-corrected chi connectivity index (χ2v) is 8.40. The van der Waals surface area contributed by atoms with Crippen LogP contribution in [0.15, 0.2) is 66.7 Å². The lowest BCUT2D eigenvalue weighted by molar-refractivity contribution is -0.124. The minimum atomic E-state index is -1.18. The number of rotatable bonds is 10. The van der Waals surface area contributed by atoms with Crippen molar-refractivity contribution in [3.05, 3.63) is 83.6 Å². The van der Waals surface area contributed by atoms with E-state index in [1.165, 1.54) is 10.7 Å². The molecule has 0 aliphatic heterocycles. The SMILES string of the molecule is O=C(Cn1nc(C(=O)O)cc1OCc1ccccc1)N[C@H]1CCCC[C@@H]1OCc1ccccc1. The highest BCUT2D eigenvalue weighted by molar-refractivity contribution is 5.85. The highest BCUT2D eigenvalue weighted by Gasteiger charge is 2.28. The Morgan fingerprint density at radius 1 is 0.971 bits per heavy atom. The first-order chi connectivity index (χ1) is 16.6. The number of nitrogens with one attached hydrogen (secondary N) is 1. The number of aromatic nitrogens is 2. The number of benzene rings is 2. The Balaban J connectivity index is 1.38. The van der Waals surface area contributed by atoms with Crippen molar-refractivity contribution in [3.63, 3.8) is 0 Å². The summed E-state index contributed by atoms with van der Waals surface area (Å²) < 4.78 is 13.2. The Bertz CT molecular complexity index is 1080. The van der Waals surface area contributed by atoms with Gasteiger partial charge in [-0.15, -0.1) is 0 Å². The van der Waals surface area contributed by atoms with Gasteiger partial charge in [-0.25, -0.2) is 9.48 Å². The van der Waals surface area contributed by atoms with Crippen LogP contribution in [0.25, 0.3) is 0 Å². The number of hydrogen-bond acceptors (Lipinski definition) is 5. The van der Waals surface area contributed by atoms with Crippen LogP contribution in [0.3, 0.4) is 0 Å². The van der Waals surface area contributed by atoms with Crippen molar-refractivity contribution in [1.82, 2.24) is 15.1 Å². The molecule has 0 bridgehead atoms. The maximum absolute atomic E-state index is 12.9. The van der Waals surface area contributed by atoms with Crippen LogP contribution in [-0.2, 0) is 29.3 Å². The fraction of sp³-hybridized carbons (Fsp3) is 0.346. The lowest BCUT2D eigenvalue weighted by atomic mass is 9.92. The third-order valence-corrected chi connectivity index (χ3v) is 5.84. The second kappa shape index (κ2) is 11.5. The molecule has 1 amide bonds. The standard InChI is InChI=1S/C26H29N3O5/c30-24(27-21-13-7-8-14-23(21)33-17-19-9-3-1-4-10-19)16-29-25(15-22(28-29)26(31)32)34-18-20-11-5-2-6-12-20/h1-6,9-12,15,21,23H,7-8,13-14,16-18H2,(H,27,30)(H,31,32)/t21-,23-/m0/s1. The van der Waals surface area contributed by atoms with Crippen molar-refractivity contribution in [2.75, 3.05) is 0 Å². The van der Waals surface area contributed by atoms with Gasteiger partial charge < -0.3 is 19.9 Å². The van der Waals surface area contributed by atoms with Gasteiger partial charge in [-0.2, -0.15) is 5.10 Å². The summed E-state index contributed by atoms with van der Waals surface area (Å²) in [6.07, 6.45) is 3.73. The van der Waals surface area contributed by atoms with E-state index in [0.717, 1.165) is 36.8 Å². The summed E-state index contributed by atoms with van der Waals surface area (Å²) in [5, 5.41) is 16.5. The first-order valence-corrected chi connectivity index (χ1v) is 11.5. The number of carboxylic acids is 1. The Kier molecular flexibility index (Phi) is 7.93. The van der Waals surface area contributed by atoms with E-state index in [4.69, 9.17) is 9.47 Å². The van der Waals surface area contributed by atoms with E-state index in [0.29, 0.717) is 6.61 Å². The maximum Gasteiger partial charge on any atom is 0.356 e. The molecule has 0 spiro atoms. The van der Waals surface area contributed by atoms with Gasteiger partial charge in [0.15, 0.2) is 5.69 Å². The molecule has 1 aromatic heterocycles. The van der Waals surface area contributed by atoms with Gasteiger partial charge in [0.25, 0.3) is 0 Å². The van der Waals surface area contributed by atoms with Crippen molar-refractivity contribution in [3.8, 4) is 5.88 Å². The van der Waals surface area contributed by atoms with Crippen LogP contribution >= 0.6 is 0 Å². The lowest BCUT2D eigenvalue weighted by Crippen LogP contribution is -2.47. The van der Waals surface area contributed by atoms with Gasteiger partial charge in [0.1, 0.15) is 13.2 Å². The number of nitrogens with zero attached hydrogens (tertiary/aromatic N) is 2. The molecule has 34 heavy (non-hydrogen) atoms. The Morgan fingerprint density at radius 3 is 2.29 bits per heavy atom. The van der Waals surface area contributed by atoms with E-state index in [-0.39, 0.29) is 42.8 Å². The normalized spacial score (nSPS) is 17.8. The number of carboxylic acid groups (broad SMARTS) is 1. The zero-order valence-corrected chi connectivity index (χ0v) is 18.9. The molecule has 2 N–H and O–H groups in total. The van der Waals surface area contributed by atoms with E-state index in [1.807, 2.05) is 60.7 Å². The number of ether oxygens (including phenoxy) is 2. The Labute approximate surface area is 198 Å². The summed E-state index contributed by atoms with van der Waals surface area (Å²) in [5.41, 5.74) is 1.85. The van der Waals surface area contributed by atoms with E-state index in [2.05, 4.69) is 10.4 Å². The average molecular weight is 464 g/mol. The van der Waals surface area contributed by atoms with Gasteiger partial charge >= 0.3 is 5.97 Å². The zero-order chi connectivity index (χ0) is 23.8. The van der Waals surface area contributed by atoms with E-state index >= 15 is 0 Å². The van der Waals surface area contributed by atoms with Crippen LogP contribution in [0.4, 0.5) is 0 Å². The number of hydrogen-bond donors (Lipinski definition) is 2.